The molecule has 2 fully saturated rings. The predicted molar refractivity (Wildman–Crippen MR) is 109 cm³/mol. The van der Waals surface area contributed by atoms with Crippen LogP contribution in [0.1, 0.15) is 54.7 Å². The maximum absolute atomic E-state index is 13.2. The number of aromatic nitrogens is 5. The van der Waals surface area contributed by atoms with E-state index < -0.39 is 0 Å². The van der Waals surface area contributed by atoms with Gasteiger partial charge in [0.2, 0.25) is 0 Å². The van der Waals surface area contributed by atoms with Gasteiger partial charge >= 0.3 is 0 Å². The smallest absolute Gasteiger partial charge is 0.253 e. The van der Waals surface area contributed by atoms with Crippen LogP contribution < -0.4 is 5.56 Å². The van der Waals surface area contributed by atoms with Crippen LogP contribution in [0.5, 0.6) is 0 Å². The maximum atomic E-state index is 13.2. The van der Waals surface area contributed by atoms with Crippen LogP contribution >= 0.6 is 0 Å². The molecule has 3 aromatic rings. The lowest BCUT2D eigenvalue weighted by Crippen LogP contribution is -2.42. The standard InChI is InChI=1S/C21H26N6O2/c1-14-6-7-15-13-17(21(28)22-18(15)12-14)19(26-8-10-29-11-9-26)20-23-24-25-27(20)16-4-2-3-5-16/h6-7,12-13,16,19H,2-5,8-11H2,1H3,(H,22,28)/t19-/m1/s1. The van der Waals surface area contributed by atoms with E-state index in [0.717, 1.165) is 48.2 Å². The third-order valence-electron chi connectivity index (χ3n) is 6.17. The maximum Gasteiger partial charge on any atom is 0.253 e. The Morgan fingerprint density at radius 3 is 2.76 bits per heavy atom. The van der Waals surface area contributed by atoms with Crippen molar-refractivity contribution in [3.63, 3.8) is 0 Å². The van der Waals surface area contributed by atoms with Crippen molar-refractivity contribution in [1.82, 2.24) is 30.1 Å². The summed E-state index contributed by atoms with van der Waals surface area (Å²) in [7, 11) is 0. The molecule has 0 radical (unpaired) electrons. The fraction of sp³-hybridized carbons (Fsp3) is 0.524. The third-order valence-corrected chi connectivity index (χ3v) is 6.17. The summed E-state index contributed by atoms with van der Waals surface area (Å²) in [4.78, 5) is 18.5. The van der Waals surface area contributed by atoms with Crippen LogP contribution in [0.4, 0.5) is 0 Å². The molecule has 29 heavy (non-hydrogen) atoms. The lowest BCUT2D eigenvalue weighted by atomic mass is 10.0. The second kappa shape index (κ2) is 7.68. The number of H-pyrrole nitrogens is 1. The van der Waals surface area contributed by atoms with E-state index in [1.807, 2.05) is 23.7 Å². The second-order valence-electron chi connectivity index (χ2n) is 8.12. The highest BCUT2D eigenvalue weighted by Gasteiger charge is 2.33. The molecule has 2 aliphatic rings. The van der Waals surface area contributed by atoms with Crippen molar-refractivity contribution in [2.75, 3.05) is 26.3 Å². The molecule has 5 rings (SSSR count). The summed E-state index contributed by atoms with van der Waals surface area (Å²) in [5, 5.41) is 13.8. The molecular formula is C21H26N6O2. The van der Waals surface area contributed by atoms with Crippen molar-refractivity contribution < 1.29 is 4.74 Å². The minimum atomic E-state index is -0.288. The van der Waals surface area contributed by atoms with E-state index in [9.17, 15) is 4.79 Å². The van der Waals surface area contributed by atoms with Gasteiger partial charge in [0.1, 0.15) is 6.04 Å². The second-order valence-corrected chi connectivity index (χ2v) is 8.12. The zero-order valence-corrected chi connectivity index (χ0v) is 16.7. The Morgan fingerprint density at radius 2 is 1.97 bits per heavy atom. The fourth-order valence-corrected chi connectivity index (χ4v) is 4.66. The molecule has 1 saturated carbocycles. The topological polar surface area (TPSA) is 88.9 Å². The Hall–Kier alpha value is -2.58. The number of hydrogen-bond acceptors (Lipinski definition) is 6. The zero-order valence-electron chi connectivity index (χ0n) is 16.7. The Kier molecular flexibility index (Phi) is 4.89. The summed E-state index contributed by atoms with van der Waals surface area (Å²) >= 11 is 0. The van der Waals surface area contributed by atoms with E-state index in [1.54, 1.807) is 0 Å². The number of rotatable bonds is 4. The number of aromatic amines is 1. The number of hydrogen-bond donors (Lipinski definition) is 1. The van der Waals surface area contributed by atoms with Gasteiger partial charge in [-0.25, -0.2) is 4.68 Å². The van der Waals surface area contributed by atoms with Gasteiger partial charge in [-0.3, -0.25) is 9.69 Å². The first-order chi connectivity index (χ1) is 14.2. The molecule has 0 spiro atoms. The number of aryl methyl sites for hydroxylation is 1. The molecule has 8 nitrogen and oxygen atoms in total. The van der Waals surface area contributed by atoms with Gasteiger partial charge in [-0.2, -0.15) is 0 Å². The monoisotopic (exact) mass is 394 g/mol. The summed E-state index contributed by atoms with van der Waals surface area (Å²) in [6.07, 6.45) is 4.56. The van der Waals surface area contributed by atoms with E-state index in [2.05, 4.69) is 37.5 Å². The van der Waals surface area contributed by atoms with Crippen molar-refractivity contribution in [2.45, 2.75) is 44.7 Å². The molecule has 1 N–H and O–H groups in total. The van der Waals surface area contributed by atoms with Gasteiger partial charge in [-0.05, 0) is 53.3 Å². The van der Waals surface area contributed by atoms with Gasteiger partial charge < -0.3 is 9.72 Å². The van der Waals surface area contributed by atoms with Crippen LogP contribution in [-0.2, 0) is 4.74 Å². The van der Waals surface area contributed by atoms with Gasteiger partial charge in [0, 0.05) is 24.2 Å². The number of pyridine rings is 1. The van der Waals surface area contributed by atoms with Crippen molar-refractivity contribution in [2.24, 2.45) is 0 Å². The van der Waals surface area contributed by atoms with E-state index in [0.29, 0.717) is 24.8 Å². The van der Waals surface area contributed by atoms with Gasteiger partial charge in [-0.1, -0.05) is 25.0 Å². The molecule has 1 atom stereocenters. The molecule has 1 aromatic carbocycles. The van der Waals surface area contributed by atoms with Crippen molar-refractivity contribution in [3.05, 3.63) is 51.6 Å². The Balaban J connectivity index is 1.65. The van der Waals surface area contributed by atoms with Gasteiger partial charge in [-0.15, -0.1) is 5.10 Å². The normalized spacial score (nSPS) is 19.8. The van der Waals surface area contributed by atoms with E-state index >= 15 is 0 Å². The molecular weight excluding hydrogens is 368 g/mol. The summed E-state index contributed by atoms with van der Waals surface area (Å²) in [5.74, 6) is 0.760. The largest absolute Gasteiger partial charge is 0.379 e. The summed E-state index contributed by atoms with van der Waals surface area (Å²) < 4.78 is 7.52. The minimum absolute atomic E-state index is 0.0828. The van der Waals surface area contributed by atoms with E-state index in [4.69, 9.17) is 4.74 Å². The van der Waals surface area contributed by atoms with Crippen molar-refractivity contribution in [3.8, 4) is 0 Å². The SMILES string of the molecule is Cc1ccc2cc([C@H](c3nnnn3C3CCCC3)N3CCOCC3)c(=O)[nH]c2c1. The number of ether oxygens (including phenoxy) is 1. The molecule has 0 bridgehead atoms. The van der Waals surface area contributed by atoms with Crippen LogP contribution in [0, 0.1) is 6.92 Å². The van der Waals surface area contributed by atoms with Crippen LogP contribution in [0.25, 0.3) is 10.9 Å². The van der Waals surface area contributed by atoms with Crippen molar-refractivity contribution in [1.29, 1.82) is 0 Å². The molecule has 1 saturated heterocycles. The van der Waals surface area contributed by atoms with Crippen LogP contribution in [0.2, 0.25) is 0 Å². The Morgan fingerprint density at radius 1 is 1.17 bits per heavy atom. The summed E-state index contributed by atoms with van der Waals surface area (Å²) in [5.41, 5.74) is 2.59. The molecule has 0 unspecified atom stereocenters. The number of benzene rings is 1. The molecule has 1 aliphatic heterocycles. The zero-order chi connectivity index (χ0) is 19.8. The Labute approximate surface area is 168 Å². The van der Waals surface area contributed by atoms with Gasteiger partial charge in [0.05, 0.1) is 19.3 Å². The van der Waals surface area contributed by atoms with Gasteiger partial charge in [0.25, 0.3) is 5.56 Å². The first-order valence-electron chi connectivity index (χ1n) is 10.4. The first-order valence-corrected chi connectivity index (χ1v) is 10.4. The quantitative estimate of drug-likeness (QED) is 0.731. The van der Waals surface area contributed by atoms with E-state index in [-0.39, 0.29) is 11.6 Å². The third kappa shape index (κ3) is 3.47. The number of tetrazole rings is 1. The van der Waals surface area contributed by atoms with Crippen LogP contribution in [-0.4, -0.2) is 56.4 Å². The average molecular weight is 394 g/mol. The minimum Gasteiger partial charge on any atom is -0.379 e. The number of nitrogens with zero attached hydrogens (tertiary/aromatic N) is 5. The highest BCUT2D eigenvalue weighted by atomic mass is 16.5. The predicted octanol–water partition coefficient (Wildman–Crippen LogP) is 2.36. The molecule has 3 heterocycles. The van der Waals surface area contributed by atoms with Crippen LogP contribution in [0.3, 0.4) is 0 Å². The lowest BCUT2D eigenvalue weighted by Gasteiger charge is -2.34. The molecule has 152 valence electrons. The lowest BCUT2D eigenvalue weighted by molar-refractivity contribution is 0.0211. The van der Waals surface area contributed by atoms with Gasteiger partial charge in [0.15, 0.2) is 5.82 Å². The first kappa shape index (κ1) is 18.4. The highest BCUT2D eigenvalue weighted by molar-refractivity contribution is 5.79. The molecule has 1 aliphatic carbocycles. The van der Waals surface area contributed by atoms with E-state index in [1.165, 1.54) is 12.8 Å². The number of morpholine rings is 1. The summed E-state index contributed by atoms with van der Waals surface area (Å²) in [6.45, 7) is 4.80. The number of nitrogens with one attached hydrogen (secondary N) is 1. The highest BCUT2D eigenvalue weighted by Crippen LogP contribution is 2.34. The fourth-order valence-electron chi connectivity index (χ4n) is 4.66. The van der Waals surface area contributed by atoms with Crippen LogP contribution in [0.15, 0.2) is 29.1 Å². The Bertz CT molecular complexity index is 1060. The van der Waals surface area contributed by atoms with Crippen molar-refractivity contribution >= 4 is 10.9 Å². The molecule has 2 aromatic heterocycles. The number of fused-ring (bicyclic) bond motifs is 1. The molecule has 0 amide bonds. The molecule has 8 heteroatoms. The summed E-state index contributed by atoms with van der Waals surface area (Å²) in [6, 6.07) is 8.15. The average Bonchev–Trinajstić information content (AvgIpc) is 3.41.